The molecule has 18 heavy (non-hydrogen) atoms. The third-order valence-electron chi connectivity index (χ3n) is 2.65. The second-order valence-electron chi connectivity index (χ2n) is 4.10. The van der Waals surface area contributed by atoms with Crippen LogP contribution in [0.25, 0.3) is 0 Å². The number of ether oxygens (including phenoxy) is 1. The van der Waals surface area contributed by atoms with Gasteiger partial charge in [-0.15, -0.1) is 0 Å². The molecule has 0 fully saturated rings. The lowest BCUT2D eigenvalue weighted by Crippen LogP contribution is -1.91. The molecule has 0 unspecified atom stereocenters. The molecule has 2 aromatic rings. The number of halogens is 1. The number of hydrogen-bond acceptors (Lipinski definition) is 2. The molecule has 3 heteroatoms. The smallest absolute Gasteiger partial charge is 0.146 e. The predicted molar refractivity (Wildman–Crippen MR) is 72.2 cm³/mol. The summed E-state index contributed by atoms with van der Waals surface area (Å²) in [6.07, 6.45) is 0. The van der Waals surface area contributed by atoms with E-state index in [4.69, 9.17) is 21.6 Å². The molecule has 0 saturated heterocycles. The highest BCUT2D eigenvalue weighted by molar-refractivity contribution is 6.31. The molecule has 2 aromatic carbocycles. The van der Waals surface area contributed by atoms with Crippen molar-refractivity contribution in [2.24, 2.45) is 0 Å². The van der Waals surface area contributed by atoms with Crippen LogP contribution >= 0.6 is 11.6 Å². The number of hydrogen-bond donors (Lipinski definition) is 0. The molecular formula is C15H12ClNO. The Hall–Kier alpha value is -1.98. The van der Waals surface area contributed by atoms with Gasteiger partial charge in [0, 0.05) is 0 Å². The largest absolute Gasteiger partial charge is 0.456 e. The van der Waals surface area contributed by atoms with Gasteiger partial charge in [-0.3, -0.25) is 0 Å². The van der Waals surface area contributed by atoms with Gasteiger partial charge < -0.3 is 4.74 Å². The van der Waals surface area contributed by atoms with E-state index >= 15 is 0 Å². The Morgan fingerprint density at radius 3 is 2.61 bits per heavy atom. The Balaban J connectivity index is 2.44. The molecule has 0 spiro atoms. The summed E-state index contributed by atoms with van der Waals surface area (Å²) in [6, 6.07) is 13.2. The van der Waals surface area contributed by atoms with Crippen molar-refractivity contribution >= 4 is 11.6 Å². The van der Waals surface area contributed by atoms with Crippen molar-refractivity contribution in [3.8, 4) is 17.6 Å². The zero-order valence-electron chi connectivity index (χ0n) is 10.2. The summed E-state index contributed by atoms with van der Waals surface area (Å²) in [5, 5.41) is 9.49. The van der Waals surface area contributed by atoms with Crippen LogP contribution in [0.5, 0.6) is 11.5 Å². The maximum Gasteiger partial charge on any atom is 0.146 e. The first-order valence-electron chi connectivity index (χ1n) is 5.55. The van der Waals surface area contributed by atoms with Crippen LogP contribution in [0.3, 0.4) is 0 Å². The Labute approximate surface area is 111 Å². The first-order valence-corrected chi connectivity index (χ1v) is 5.93. The van der Waals surface area contributed by atoms with Crippen LogP contribution in [0.15, 0.2) is 36.4 Å². The average Bonchev–Trinajstić information content (AvgIpc) is 2.34. The molecule has 0 aliphatic rings. The highest BCUT2D eigenvalue weighted by atomic mass is 35.5. The summed E-state index contributed by atoms with van der Waals surface area (Å²) in [4.78, 5) is 0. The minimum absolute atomic E-state index is 0.361. The van der Waals surface area contributed by atoms with Crippen LogP contribution in [-0.4, -0.2) is 0 Å². The normalized spacial score (nSPS) is 9.89. The monoisotopic (exact) mass is 257 g/mol. The van der Waals surface area contributed by atoms with Crippen LogP contribution < -0.4 is 4.74 Å². The summed E-state index contributed by atoms with van der Waals surface area (Å²) in [5.41, 5.74) is 2.49. The highest BCUT2D eigenvalue weighted by Gasteiger charge is 2.09. The number of nitriles is 1. The Bertz CT molecular complexity index is 629. The summed E-state index contributed by atoms with van der Waals surface area (Å²) in [6.45, 7) is 3.96. The molecule has 0 amide bonds. The number of nitrogens with zero attached hydrogens (tertiary/aromatic N) is 1. The first kappa shape index (κ1) is 12.5. The molecule has 0 heterocycles. The van der Waals surface area contributed by atoms with Gasteiger partial charge in [0.25, 0.3) is 0 Å². The predicted octanol–water partition coefficient (Wildman–Crippen LogP) is 4.62. The summed E-state index contributed by atoms with van der Waals surface area (Å²) < 4.78 is 5.79. The second-order valence-corrected chi connectivity index (χ2v) is 4.50. The van der Waals surface area contributed by atoms with E-state index in [2.05, 4.69) is 6.07 Å². The molecular weight excluding hydrogens is 246 g/mol. The van der Waals surface area contributed by atoms with Crippen LogP contribution in [0.2, 0.25) is 5.02 Å². The Morgan fingerprint density at radius 2 is 1.89 bits per heavy atom. The van der Waals surface area contributed by atoms with E-state index in [1.54, 1.807) is 18.2 Å². The van der Waals surface area contributed by atoms with Gasteiger partial charge in [-0.1, -0.05) is 29.8 Å². The molecule has 0 aliphatic heterocycles. The zero-order valence-corrected chi connectivity index (χ0v) is 11.0. The summed E-state index contributed by atoms with van der Waals surface area (Å²) >= 11 is 5.96. The van der Waals surface area contributed by atoms with Crippen molar-refractivity contribution < 1.29 is 4.74 Å². The van der Waals surface area contributed by atoms with Gasteiger partial charge in [-0.25, -0.2) is 0 Å². The molecule has 0 N–H and O–H groups in total. The molecule has 2 nitrogen and oxygen atoms in total. The fraction of sp³-hybridized carbons (Fsp3) is 0.133. The second kappa shape index (κ2) is 5.12. The van der Waals surface area contributed by atoms with Crippen LogP contribution in [0.1, 0.15) is 16.7 Å². The van der Waals surface area contributed by atoms with Crippen LogP contribution in [-0.2, 0) is 0 Å². The lowest BCUT2D eigenvalue weighted by molar-refractivity contribution is 0.477. The molecule has 0 atom stereocenters. The Kier molecular flexibility index (Phi) is 3.55. The van der Waals surface area contributed by atoms with Crippen molar-refractivity contribution in [2.45, 2.75) is 13.8 Å². The minimum Gasteiger partial charge on any atom is -0.456 e. The first-order chi connectivity index (χ1) is 8.61. The number of benzene rings is 2. The Morgan fingerprint density at radius 1 is 1.11 bits per heavy atom. The average molecular weight is 258 g/mol. The molecule has 2 rings (SSSR count). The zero-order chi connectivity index (χ0) is 13.1. The summed E-state index contributed by atoms with van der Waals surface area (Å²) in [7, 11) is 0. The van der Waals surface area contributed by atoms with Gasteiger partial charge in [0.15, 0.2) is 0 Å². The van der Waals surface area contributed by atoms with Gasteiger partial charge >= 0.3 is 0 Å². The van der Waals surface area contributed by atoms with E-state index in [9.17, 15) is 0 Å². The maximum atomic E-state index is 9.09. The van der Waals surface area contributed by atoms with Gasteiger partial charge in [0.05, 0.1) is 5.02 Å². The van der Waals surface area contributed by atoms with Gasteiger partial charge in [-0.05, 0) is 43.2 Å². The SMILES string of the molecule is Cc1ccc(C)c(Oc2cccc(Cl)c2C#N)c1. The molecule has 0 radical (unpaired) electrons. The highest BCUT2D eigenvalue weighted by Crippen LogP contribution is 2.31. The van der Waals surface area contributed by atoms with Gasteiger partial charge in [0.1, 0.15) is 23.1 Å². The molecule has 0 aliphatic carbocycles. The minimum atomic E-state index is 0.361. The number of aryl methyl sites for hydroxylation is 2. The van der Waals surface area contributed by atoms with E-state index < -0.39 is 0 Å². The van der Waals surface area contributed by atoms with E-state index in [1.165, 1.54) is 0 Å². The van der Waals surface area contributed by atoms with Crippen molar-refractivity contribution in [1.82, 2.24) is 0 Å². The maximum absolute atomic E-state index is 9.09. The molecule has 0 aromatic heterocycles. The third-order valence-corrected chi connectivity index (χ3v) is 2.97. The standard InChI is InChI=1S/C15H12ClNO/c1-10-6-7-11(2)15(8-10)18-14-5-3-4-13(16)12(14)9-17/h3-8H,1-2H3. The topological polar surface area (TPSA) is 33.0 Å². The van der Waals surface area contributed by atoms with Crippen molar-refractivity contribution in [2.75, 3.05) is 0 Å². The fourth-order valence-electron chi connectivity index (χ4n) is 1.63. The van der Waals surface area contributed by atoms with Crippen LogP contribution in [0.4, 0.5) is 0 Å². The summed E-state index contributed by atoms with van der Waals surface area (Å²) in [5.74, 6) is 1.23. The van der Waals surface area contributed by atoms with E-state index in [-0.39, 0.29) is 0 Å². The van der Waals surface area contributed by atoms with E-state index in [0.29, 0.717) is 16.3 Å². The lowest BCUT2D eigenvalue weighted by atomic mass is 10.1. The van der Waals surface area contributed by atoms with E-state index in [1.807, 2.05) is 32.0 Å². The molecule has 0 bridgehead atoms. The third kappa shape index (κ3) is 2.47. The quantitative estimate of drug-likeness (QED) is 0.786. The molecule has 0 saturated carbocycles. The van der Waals surface area contributed by atoms with Crippen molar-refractivity contribution in [3.63, 3.8) is 0 Å². The van der Waals surface area contributed by atoms with Crippen LogP contribution in [0, 0.1) is 25.2 Å². The number of rotatable bonds is 2. The lowest BCUT2D eigenvalue weighted by Gasteiger charge is -2.11. The fourth-order valence-corrected chi connectivity index (χ4v) is 1.84. The van der Waals surface area contributed by atoms with Gasteiger partial charge in [-0.2, -0.15) is 5.26 Å². The molecule has 90 valence electrons. The van der Waals surface area contributed by atoms with E-state index in [0.717, 1.165) is 16.9 Å². The van der Waals surface area contributed by atoms with Crippen molar-refractivity contribution in [1.29, 1.82) is 5.26 Å². The van der Waals surface area contributed by atoms with Crippen molar-refractivity contribution in [3.05, 3.63) is 58.1 Å². The van der Waals surface area contributed by atoms with Gasteiger partial charge in [0.2, 0.25) is 0 Å².